The molecule has 2 aromatic rings. The number of pyridine rings is 1. The Morgan fingerprint density at radius 3 is 2.73 bits per heavy atom. The molecule has 2 aromatic heterocycles. The zero-order chi connectivity index (χ0) is 10.7. The lowest BCUT2D eigenvalue weighted by Gasteiger charge is -2.01. The maximum Gasteiger partial charge on any atom is 0.265 e. The van der Waals surface area contributed by atoms with Crippen LogP contribution in [0, 0.1) is 0 Å². The maximum absolute atomic E-state index is 11.7. The van der Waals surface area contributed by atoms with Crippen molar-refractivity contribution in [3.63, 3.8) is 0 Å². The van der Waals surface area contributed by atoms with Crippen LogP contribution in [0.5, 0.6) is 0 Å². The first-order valence-electron chi connectivity index (χ1n) is 4.21. The molecule has 0 fully saturated rings. The van der Waals surface area contributed by atoms with Crippen molar-refractivity contribution in [1.29, 1.82) is 0 Å². The normalized spacial score (nSPS) is 9.93. The number of anilines is 1. The number of carbonyl (C=O) groups excluding carboxylic acids is 1. The standard InChI is InChI=1S/C10H7BrN2OS/c11-7-5-9(15-6-7)10(14)13-8-1-3-12-4-2-8/h1-6H,(H,12,13,14). The van der Waals surface area contributed by atoms with E-state index in [1.54, 1.807) is 30.6 Å². The van der Waals surface area contributed by atoms with Gasteiger partial charge in [0, 0.05) is 27.9 Å². The Balaban J connectivity index is 2.11. The van der Waals surface area contributed by atoms with E-state index in [4.69, 9.17) is 0 Å². The molecule has 0 unspecified atom stereocenters. The number of amides is 1. The number of halogens is 1. The van der Waals surface area contributed by atoms with Gasteiger partial charge in [0.1, 0.15) is 0 Å². The van der Waals surface area contributed by atoms with Gasteiger partial charge in [-0.05, 0) is 34.1 Å². The van der Waals surface area contributed by atoms with Crippen LogP contribution < -0.4 is 5.32 Å². The molecule has 2 rings (SSSR count). The monoisotopic (exact) mass is 282 g/mol. The molecule has 1 N–H and O–H groups in total. The van der Waals surface area contributed by atoms with Crippen molar-refractivity contribution in [2.75, 3.05) is 5.32 Å². The van der Waals surface area contributed by atoms with Gasteiger partial charge in [0.05, 0.1) is 4.88 Å². The van der Waals surface area contributed by atoms with Crippen molar-refractivity contribution in [1.82, 2.24) is 4.98 Å². The second-order valence-corrected chi connectivity index (χ2v) is 4.65. The summed E-state index contributed by atoms with van der Waals surface area (Å²) in [5.74, 6) is -0.100. The molecule has 5 heteroatoms. The van der Waals surface area contributed by atoms with Crippen LogP contribution in [-0.2, 0) is 0 Å². The van der Waals surface area contributed by atoms with E-state index < -0.39 is 0 Å². The lowest BCUT2D eigenvalue weighted by molar-refractivity contribution is 0.103. The third kappa shape index (κ3) is 2.64. The molecule has 0 aliphatic heterocycles. The second-order valence-electron chi connectivity index (χ2n) is 2.82. The molecule has 15 heavy (non-hydrogen) atoms. The van der Waals surface area contributed by atoms with E-state index in [2.05, 4.69) is 26.2 Å². The number of aromatic nitrogens is 1. The fraction of sp³-hybridized carbons (Fsp3) is 0. The highest BCUT2D eigenvalue weighted by molar-refractivity contribution is 9.10. The molecule has 0 aliphatic carbocycles. The minimum atomic E-state index is -0.100. The van der Waals surface area contributed by atoms with Gasteiger partial charge in [-0.2, -0.15) is 0 Å². The van der Waals surface area contributed by atoms with Crippen LogP contribution in [0.15, 0.2) is 40.4 Å². The van der Waals surface area contributed by atoms with E-state index >= 15 is 0 Å². The fourth-order valence-electron chi connectivity index (χ4n) is 1.06. The number of thiophene rings is 1. The Morgan fingerprint density at radius 1 is 1.40 bits per heavy atom. The summed E-state index contributed by atoms with van der Waals surface area (Å²) < 4.78 is 0.923. The third-order valence-corrected chi connectivity index (χ3v) is 3.42. The average Bonchev–Trinajstić information content (AvgIpc) is 2.66. The Kier molecular flexibility index (Phi) is 3.13. The van der Waals surface area contributed by atoms with E-state index in [-0.39, 0.29) is 5.91 Å². The fourth-order valence-corrected chi connectivity index (χ4v) is 2.38. The summed E-state index contributed by atoms with van der Waals surface area (Å²) in [6, 6.07) is 5.29. The molecule has 0 aliphatic rings. The van der Waals surface area contributed by atoms with Crippen LogP contribution in [0.2, 0.25) is 0 Å². The van der Waals surface area contributed by atoms with Crippen molar-refractivity contribution in [3.8, 4) is 0 Å². The van der Waals surface area contributed by atoms with Gasteiger partial charge >= 0.3 is 0 Å². The highest BCUT2D eigenvalue weighted by Gasteiger charge is 2.07. The topological polar surface area (TPSA) is 42.0 Å². The number of nitrogens with one attached hydrogen (secondary N) is 1. The molecule has 0 spiro atoms. The van der Waals surface area contributed by atoms with Gasteiger partial charge in [-0.3, -0.25) is 9.78 Å². The van der Waals surface area contributed by atoms with Gasteiger partial charge in [0.15, 0.2) is 0 Å². The number of rotatable bonds is 2. The molecular formula is C10H7BrN2OS. The minimum Gasteiger partial charge on any atom is -0.321 e. The molecule has 0 saturated heterocycles. The van der Waals surface area contributed by atoms with Crippen molar-refractivity contribution < 1.29 is 4.79 Å². The van der Waals surface area contributed by atoms with Gasteiger partial charge in [0.2, 0.25) is 0 Å². The first-order chi connectivity index (χ1) is 7.25. The van der Waals surface area contributed by atoms with Crippen molar-refractivity contribution >= 4 is 38.9 Å². The number of hydrogen-bond donors (Lipinski definition) is 1. The van der Waals surface area contributed by atoms with Gasteiger partial charge in [-0.1, -0.05) is 0 Å². The summed E-state index contributed by atoms with van der Waals surface area (Å²) >= 11 is 4.71. The van der Waals surface area contributed by atoms with Gasteiger partial charge < -0.3 is 5.32 Å². The Morgan fingerprint density at radius 2 is 2.13 bits per heavy atom. The smallest absolute Gasteiger partial charge is 0.265 e. The maximum atomic E-state index is 11.7. The zero-order valence-corrected chi connectivity index (χ0v) is 10.0. The molecule has 2 heterocycles. The van der Waals surface area contributed by atoms with Crippen LogP contribution in [0.3, 0.4) is 0 Å². The highest BCUT2D eigenvalue weighted by atomic mass is 79.9. The molecule has 0 bridgehead atoms. The van der Waals surface area contributed by atoms with E-state index in [1.807, 2.05) is 5.38 Å². The van der Waals surface area contributed by atoms with Gasteiger partial charge in [0.25, 0.3) is 5.91 Å². The summed E-state index contributed by atoms with van der Waals surface area (Å²) in [6.07, 6.45) is 3.28. The Labute approximate surface area is 99.3 Å². The molecule has 0 atom stereocenters. The molecular weight excluding hydrogens is 276 g/mol. The quantitative estimate of drug-likeness (QED) is 0.919. The van der Waals surface area contributed by atoms with Crippen molar-refractivity contribution in [2.45, 2.75) is 0 Å². The molecule has 76 valence electrons. The van der Waals surface area contributed by atoms with Gasteiger partial charge in [-0.15, -0.1) is 11.3 Å². The summed E-state index contributed by atoms with van der Waals surface area (Å²) in [5, 5.41) is 4.66. The van der Waals surface area contributed by atoms with Crippen LogP contribution in [0.1, 0.15) is 9.67 Å². The number of carbonyl (C=O) groups is 1. The summed E-state index contributed by atoms with van der Waals surface area (Å²) in [4.78, 5) is 16.2. The average molecular weight is 283 g/mol. The predicted octanol–water partition coefficient (Wildman–Crippen LogP) is 3.16. The van der Waals surface area contributed by atoms with Crippen molar-refractivity contribution in [2.24, 2.45) is 0 Å². The van der Waals surface area contributed by atoms with E-state index in [1.165, 1.54) is 11.3 Å². The Bertz CT molecular complexity index is 469. The zero-order valence-electron chi connectivity index (χ0n) is 7.61. The van der Waals surface area contributed by atoms with Crippen LogP contribution in [0.4, 0.5) is 5.69 Å². The second kappa shape index (κ2) is 4.55. The third-order valence-electron chi connectivity index (χ3n) is 1.73. The molecule has 3 nitrogen and oxygen atoms in total. The lowest BCUT2D eigenvalue weighted by atomic mass is 10.4. The first-order valence-corrected chi connectivity index (χ1v) is 5.88. The molecule has 1 amide bonds. The molecule has 0 saturated carbocycles. The number of hydrogen-bond acceptors (Lipinski definition) is 3. The lowest BCUT2D eigenvalue weighted by Crippen LogP contribution is -2.09. The predicted molar refractivity (Wildman–Crippen MR) is 64.2 cm³/mol. The minimum absolute atomic E-state index is 0.100. The highest BCUT2D eigenvalue weighted by Crippen LogP contribution is 2.20. The first kappa shape index (κ1) is 10.3. The molecule has 0 radical (unpaired) electrons. The van der Waals surface area contributed by atoms with Gasteiger partial charge in [-0.25, -0.2) is 0 Å². The molecule has 0 aromatic carbocycles. The number of nitrogens with zero attached hydrogens (tertiary/aromatic N) is 1. The van der Waals surface area contributed by atoms with Crippen LogP contribution >= 0.6 is 27.3 Å². The Hall–Kier alpha value is -1.20. The van der Waals surface area contributed by atoms with E-state index in [0.717, 1.165) is 10.2 Å². The van der Waals surface area contributed by atoms with Crippen LogP contribution in [0.25, 0.3) is 0 Å². The van der Waals surface area contributed by atoms with E-state index in [0.29, 0.717) is 4.88 Å². The van der Waals surface area contributed by atoms with E-state index in [9.17, 15) is 4.79 Å². The SMILES string of the molecule is O=C(Nc1ccncc1)c1cc(Br)cs1. The summed E-state index contributed by atoms with van der Waals surface area (Å²) in [5.41, 5.74) is 0.750. The van der Waals surface area contributed by atoms with Crippen LogP contribution in [-0.4, -0.2) is 10.9 Å². The van der Waals surface area contributed by atoms with Crippen molar-refractivity contribution in [3.05, 3.63) is 45.3 Å². The largest absolute Gasteiger partial charge is 0.321 e. The summed E-state index contributed by atoms with van der Waals surface area (Å²) in [7, 11) is 0. The summed E-state index contributed by atoms with van der Waals surface area (Å²) in [6.45, 7) is 0.